The summed E-state index contributed by atoms with van der Waals surface area (Å²) in [5, 5.41) is 2.68. The lowest BCUT2D eigenvalue weighted by molar-refractivity contribution is -0.120. The third-order valence-corrected chi connectivity index (χ3v) is 2.81. The van der Waals surface area contributed by atoms with Gasteiger partial charge in [-0.25, -0.2) is 0 Å². The lowest BCUT2D eigenvalue weighted by atomic mass is 10.1. The van der Waals surface area contributed by atoms with Gasteiger partial charge in [-0.15, -0.1) is 0 Å². The molecular weight excluding hydrogens is 293 g/mol. The molecule has 1 aromatic rings. The zero-order chi connectivity index (χ0) is 13.6. The van der Waals surface area contributed by atoms with E-state index in [0.717, 1.165) is 5.56 Å². The first kappa shape index (κ1) is 15.4. The first-order valence-corrected chi connectivity index (χ1v) is 6.61. The zero-order valence-electron chi connectivity index (χ0n) is 9.87. The molecule has 1 N–H and O–H groups in total. The molecule has 0 aliphatic rings. The van der Waals surface area contributed by atoms with Gasteiger partial charge in [0.05, 0.1) is 6.04 Å². The van der Waals surface area contributed by atoms with Gasteiger partial charge in [-0.1, -0.05) is 77.3 Å². The molecule has 0 spiro atoms. The predicted octanol–water partition coefficient (Wildman–Crippen LogP) is 3.66. The van der Waals surface area contributed by atoms with E-state index in [9.17, 15) is 4.79 Å². The van der Waals surface area contributed by atoms with E-state index in [4.69, 9.17) is 34.8 Å². The van der Waals surface area contributed by atoms with E-state index in [2.05, 4.69) is 5.32 Å². The molecule has 1 unspecified atom stereocenters. The third-order valence-electron chi connectivity index (χ3n) is 2.30. The first-order valence-electron chi connectivity index (χ1n) is 5.48. The molecule has 0 radical (unpaired) electrons. The molecule has 0 fully saturated rings. The van der Waals surface area contributed by atoms with Crippen molar-refractivity contribution >= 4 is 40.7 Å². The Kier molecular flexibility index (Phi) is 6.00. The quantitative estimate of drug-likeness (QED) is 0.667. The normalized spacial score (nSPS) is 13.6. The minimum atomic E-state index is -1.93. The molecule has 0 saturated carbocycles. The summed E-state index contributed by atoms with van der Waals surface area (Å²) in [6, 6.07) is 9.60. The summed E-state index contributed by atoms with van der Waals surface area (Å²) >= 11 is 16.6. The summed E-state index contributed by atoms with van der Waals surface area (Å²) in [5.74, 6) is -0.619. The SMILES string of the molecule is C/C=C\C(Cc1ccccc1)NC(=O)C(Cl)(Cl)Cl. The van der Waals surface area contributed by atoms with Gasteiger partial charge in [0.2, 0.25) is 0 Å². The molecule has 0 saturated heterocycles. The summed E-state index contributed by atoms with van der Waals surface area (Å²) < 4.78 is -1.93. The van der Waals surface area contributed by atoms with Crippen molar-refractivity contribution in [2.45, 2.75) is 23.2 Å². The van der Waals surface area contributed by atoms with E-state index in [1.165, 1.54) is 0 Å². The molecule has 1 atom stereocenters. The van der Waals surface area contributed by atoms with Gasteiger partial charge in [0.25, 0.3) is 9.70 Å². The van der Waals surface area contributed by atoms with Gasteiger partial charge in [-0.3, -0.25) is 4.79 Å². The fraction of sp³-hybridized carbons (Fsp3) is 0.308. The van der Waals surface area contributed by atoms with Gasteiger partial charge >= 0.3 is 0 Å². The van der Waals surface area contributed by atoms with Gasteiger partial charge in [-0.2, -0.15) is 0 Å². The van der Waals surface area contributed by atoms with Crippen molar-refractivity contribution in [3.8, 4) is 0 Å². The van der Waals surface area contributed by atoms with Crippen LogP contribution in [0.2, 0.25) is 0 Å². The molecule has 0 aromatic heterocycles. The van der Waals surface area contributed by atoms with Crippen LogP contribution in [0.3, 0.4) is 0 Å². The maximum absolute atomic E-state index is 11.6. The van der Waals surface area contributed by atoms with E-state index < -0.39 is 9.70 Å². The molecule has 1 aromatic carbocycles. The van der Waals surface area contributed by atoms with E-state index in [0.29, 0.717) is 6.42 Å². The van der Waals surface area contributed by atoms with Gasteiger partial charge < -0.3 is 5.32 Å². The van der Waals surface area contributed by atoms with E-state index in [1.807, 2.05) is 49.4 Å². The molecular formula is C13H14Cl3NO. The molecule has 0 aliphatic heterocycles. The largest absolute Gasteiger partial charge is 0.346 e. The highest BCUT2D eigenvalue weighted by Crippen LogP contribution is 2.26. The summed E-state index contributed by atoms with van der Waals surface area (Å²) in [4.78, 5) is 11.6. The number of carbonyl (C=O) groups excluding carboxylic acids is 1. The van der Waals surface area contributed by atoms with Crippen LogP contribution in [0.1, 0.15) is 12.5 Å². The smallest absolute Gasteiger partial charge is 0.272 e. The Morgan fingerprint density at radius 2 is 1.94 bits per heavy atom. The number of nitrogens with one attached hydrogen (secondary N) is 1. The molecule has 18 heavy (non-hydrogen) atoms. The molecule has 0 bridgehead atoms. The highest BCUT2D eigenvalue weighted by molar-refractivity contribution is 6.76. The number of alkyl halides is 3. The van der Waals surface area contributed by atoms with Crippen LogP contribution in [0, 0.1) is 0 Å². The first-order chi connectivity index (χ1) is 8.43. The third kappa shape index (κ3) is 5.30. The van der Waals surface area contributed by atoms with Crippen LogP contribution in [-0.4, -0.2) is 15.7 Å². The maximum Gasteiger partial charge on any atom is 0.272 e. The Labute approximate surface area is 122 Å². The van der Waals surface area contributed by atoms with Crippen LogP contribution in [0.4, 0.5) is 0 Å². The number of amides is 1. The molecule has 0 aliphatic carbocycles. The van der Waals surface area contributed by atoms with Gasteiger partial charge in [0.15, 0.2) is 0 Å². The average molecular weight is 307 g/mol. The second-order valence-corrected chi connectivity index (χ2v) is 6.07. The number of allylic oxidation sites excluding steroid dienone is 1. The molecule has 5 heteroatoms. The second kappa shape index (κ2) is 7.03. The van der Waals surface area contributed by atoms with Gasteiger partial charge in [-0.05, 0) is 18.9 Å². The number of hydrogen-bond donors (Lipinski definition) is 1. The average Bonchev–Trinajstić information content (AvgIpc) is 2.29. The number of benzene rings is 1. The molecule has 0 heterocycles. The van der Waals surface area contributed by atoms with Crippen molar-refractivity contribution in [3.63, 3.8) is 0 Å². The highest BCUT2D eigenvalue weighted by Gasteiger charge is 2.31. The number of carbonyl (C=O) groups is 1. The van der Waals surface area contributed by atoms with Crippen molar-refractivity contribution < 1.29 is 4.79 Å². The number of halogens is 3. The van der Waals surface area contributed by atoms with Gasteiger partial charge in [0, 0.05) is 0 Å². The highest BCUT2D eigenvalue weighted by atomic mass is 35.6. The fourth-order valence-electron chi connectivity index (χ4n) is 1.52. The van der Waals surface area contributed by atoms with E-state index in [-0.39, 0.29) is 6.04 Å². The summed E-state index contributed by atoms with van der Waals surface area (Å²) in [6.07, 6.45) is 4.37. The summed E-state index contributed by atoms with van der Waals surface area (Å²) in [6.45, 7) is 1.87. The minimum Gasteiger partial charge on any atom is -0.346 e. The summed E-state index contributed by atoms with van der Waals surface area (Å²) in [7, 11) is 0. The van der Waals surface area contributed by atoms with Crippen molar-refractivity contribution in [1.82, 2.24) is 5.32 Å². The Morgan fingerprint density at radius 1 is 1.33 bits per heavy atom. The topological polar surface area (TPSA) is 29.1 Å². The van der Waals surface area contributed by atoms with Crippen LogP contribution >= 0.6 is 34.8 Å². The van der Waals surface area contributed by atoms with Gasteiger partial charge in [0.1, 0.15) is 0 Å². The minimum absolute atomic E-state index is 0.194. The molecule has 1 amide bonds. The molecule has 98 valence electrons. The van der Waals surface area contributed by atoms with E-state index in [1.54, 1.807) is 0 Å². The Balaban J connectivity index is 2.70. The van der Waals surface area contributed by atoms with Crippen molar-refractivity contribution in [3.05, 3.63) is 48.0 Å². The van der Waals surface area contributed by atoms with Crippen LogP contribution in [0.15, 0.2) is 42.5 Å². The molecule has 2 nitrogen and oxygen atoms in total. The zero-order valence-corrected chi connectivity index (χ0v) is 12.1. The lowest BCUT2D eigenvalue weighted by Gasteiger charge is -2.18. The lowest BCUT2D eigenvalue weighted by Crippen LogP contribution is -2.41. The number of hydrogen-bond acceptors (Lipinski definition) is 1. The Bertz CT molecular complexity index is 412. The maximum atomic E-state index is 11.6. The van der Waals surface area contributed by atoms with Crippen molar-refractivity contribution in [2.24, 2.45) is 0 Å². The number of rotatable bonds is 4. The molecule has 1 rings (SSSR count). The summed E-state index contributed by atoms with van der Waals surface area (Å²) in [5.41, 5.74) is 1.10. The fourth-order valence-corrected chi connectivity index (χ4v) is 1.68. The van der Waals surface area contributed by atoms with Crippen LogP contribution in [0.25, 0.3) is 0 Å². The Hall–Kier alpha value is -0.700. The van der Waals surface area contributed by atoms with Crippen LogP contribution < -0.4 is 5.32 Å². The van der Waals surface area contributed by atoms with Crippen molar-refractivity contribution in [2.75, 3.05) is 0 Å². The van der Waals surface area contributed by atoms with Crippen molar-refractivity contribution in [1.29, 1.82) is 0 Å². The predicted molar refractivity (Wildman–Crippen MR) is 77.2 cm³/mol. The standard InChI is InChI=1S/C13H14Cl3NO/c1-2-6-11(17-12(18)13(14,15)16)9-10-7-4-3-5-8-10/h2-8,11H,9H2,1H3,(H,17,18)/b6-2-. The van der Waals surface area contributed by atoms with Crippen LogP contribution in [0.5, 0.6) is 0 Å². The van der Waals surface area contributed by atoms with Crippen LogP contribution in [-0.2, 0) is 11.2 Å². The second-order valence-electron chi connectivity index (χ2n) is 3.79. The van der Waals surface area contributed by atoms with E-state index >= 15 is 0 Å². The Morgan fingerprint density at radius 3 is 2.44 bits per heavy atom. The monoisotopic (exact) mass is 305 g/mol.